The third-order valence-electron chi connectivity index (χ3n) is 6.18. The number of anilines is 1. The minimum Gasteiger partial charge on any atom is -0.422 e. The number of fused-ring (bicyclic) bond motifs is 1. The largest absolute Gasteiger partial charge is 0.422 e. The van der Waals surface area contributed by atoms with Crippen LogP contribution in [0.5, 0.6) is 0 Å². The summed E-state index contributed by atoms with van der Waals surface area (Å²) in [5.74, 6) is 0.574. The highest BCUT2D eigenvalue weighted by atomic mass is 16.5. The van der Waals surface area contributed by atoms with Crippen molar-refractivity contribution in [2.24, 2.45) is 0 Å². The molecule has 2 aromatic heterocycles. The standard InChI is InChI=1S/C31H21N3O4/c35-29(22-16-14-21(15-17-22)25-19-23-10-4-7-13-27(23)37-31(25)36)32-26-12-6-5-11-24(26)30-33-28(34-38-30)18-20-8-2-1-3-9-20/h1-17,19H,18H2,(H,32,35). The summed E-state index contributed by atoms with van der Waals surface area (Å²) in [5, 5.41) is 7.86. The van der Waals surface area contributed by atoms with Gasteiger partial charge in [-0.15, -0.1) is 0 Å². The number of carbonyl (C=O) groups is 1. The molecule has 6 aromatic rings. The highest BCUT2D eigenvalue weighted by molar-refractivity contribution is 6.06. The van der Waals surface area contributed by atoms with Crippen molar-refractivity contribution in [3.8, 4) is 22.6 Å². The Morgan fingerprint density at radius 2 is 1.53 bits per heavy atom. The first-order valence-corrected chi connectivity index (χ1v) is 12.0. The number of hydrogen-bond donors (Lipinski definition) is 1. The van der Waals surface area contributed by atoms with Gasteiger partial charge >= 0.3 is 5.63 Å². The number of hydrogen-bond acceptors (Lipinski definition) is 6. The molecule has 2 heterocycles. The second-order valence-electron chi connectivity index (χ2n) is 8.74. The first kappa shape index (κ1) is 23.1. The number of nitrogens with zero attached hydrogens (tertiary/aromatic N) is 2. The maximum atomic E-state index is 13.1. The van der Waals surface area contributed by atoms with Gasteiger partial charge in [-0.05, 0) is 47.5 Å². The van der Waals surface area contributed by atoms with Crippen LogP contribution in [0.4, 0.5) is 5.69 Å². The van der Waals surface area contributed by atoms with Gasteiger partial charge in [0.15, 0.2) is 5.82 Å². The fourth-order valence-corrected chi connectivity index (χ4v) is 4.25. The normalized spacial score (nSPS) is 10.9. The van der Waals surface area contributed by atoms with Gasteiger partial charge in [0.1, 0.15) is 5.58 Å². The van der Waals surface area contributed by atoms with E-state index in [2.05, 4.69) is 15.5 Å². The van der Waals surface area contributed by atoms with Crippen molar-refractivity contribution in [2.45, 2.75) is 6.42 Å². The van der Waals surface area contributed by atoms with E-state index in [-0.39, 0.29) is 5.91 Å². The van der Waals surface area contributed by atoms with E-state index in [4.69, 9.17) is 8.94 Å². The molecule has 184 valence electrons. The Morgan fingerprint density at radius 3 is 2.37 bits per heavy atom. The Kier molecular flexibility index (Phi) is 6.08. The minimum absolute atomic E-state index is 0.307. The molecule has 0 aliphatic heterocycles. The van der Waals surface area contributed by atoms with Crippen LogP contribution >= 0.6 is 0 Å². The van der Waals surface area contributed by atoms with Gasteiger partial charge in [0.05, 0.1) is 16.8 Å². The average molecular weight is 500 g/mol. The smallest absolute Gasteiger partial charge is 0.344 e. The van der Waals surface area contributed by atoms with Gasteiger partial charge in [0.25, 0.3) is 11.8 Å². The van der Waals surface area contributed by atoms with Crippen molar-refractivity contribution in [3.63, 3.8) is 0 Å². The Hall–Kier alpha value is -5.30. The van der Waals surface area contributed by atoms with Crippen molar-refractivity contribution < 1.29 is 13.7 Å². The molecule has 1 amide bonds. The van der Waals surface area contributed by atoms with Crippen LogP contribution in [0.2, 0.25) is 0 Å². The molecule has 7 nitrogen and oxygen atoms in total. The Morgan fingerprint density at radius 1 is 0.789 bits per heavy atom. The number of aromatic nitrogens is 2. The zero-order valence-electron chi connectivity index (χ0n) is 20.1. The highest BCUT2D eigenvalue weighted by Crippen LogP contribution is 2.28. The van der Waals surface area contributed by atoms with Crippen LogP contribution < -0.4 is 10.9 Å². The first-order chi connectivity index (χ1) is 18.6. The second kappa shape index (κ2) is 9.99. The fourth-order valence-electron chi connectivity index (χ4n) is 4.25. The van der Waals surface area contributed by atoms with E-state index in [1.807, 2.05) is 66.7 Å². The van der Waals surface area contributed by atoms with Gasteiger partial charge in [0.2, 0.25) is 0 Å². The number of carbonyl (C=O) groups excluding carboxylic acids is 1. The van der Waals surface area contributed by atoms with E-state index < -0.39 is 5.63 Å². The summed E-state index contributed by atoms with van der Waals surface area (Å²) in [6, 6.07) is 33.1. The number of benzene rings is 4. The van der Waals surface area contributed by atoms with E-state index in [0.717, 1.165) is 10.9 Å². The third kappa shape index (κ3) is 4.73. The van der Waals surface area contributed by atoms with Gasteiger partial charge in [-0.2, -0.15) is 4.98 Å². The molecule has 0 aliphatic rings. The predicted octanol–water partition coefficient (Wildman–Crippen LogP) is 6.35. The highest BCUT2D eigenvalue weighted by Gasteiger charge is 2.16. The maximum Gasteiger partial charge on any atom is 0.344 e. The van der Waals surface area contributed by atoms with E-state index in [1.165, 1.54) is 0 Å². The predicted molar refractivity (Wildman–Crippen MR) is 145 cm³/mol. The molecule has 0 aliphatic carbocycles. The molecule has 6 rings (SSSR count). The van der Waals surface area contributed by atoms with Crippen LogP contribution in [0.15, 0.2) is 123 Å². The van der Waals surface area contributed by atoms with Gasteiger partial charge in [0, 0.05) is 17.4 Å². The summed E-state index contributed by atoms with van der Waals surface area (Å²) in [6.07, 6.45) is 0.542. The van der Waals surface area contributed by atoms with E-state index >= 15 is 0 Å². The third-order valence-corrected chi connectivity index (χ3v) is 6.18. The topological polar surface area (TPSA) is 98.2 Å². The van der Waals surface area contributed by atoms with Crippen LogP contribution in [0.1, 0.15) is 21.7 Å². The van der Waals surface area contributed by atoms with Gasteiger partial charge in [-0.1, -0.05) is 78.0 Å². The molecule has 0 atom stereocenters. The SMILES string of the molecule is O=C(Nc1ccccc1-c1nc(Cc2ccccc2)no1)c1ccc(-c2cc3ccccc3oc2=O)cc1. The molecular formula is C31H21N3O4. The summed E-state index contributed by atoms with van der Waals surface area (Å²) in [6.45, 7) is 0. The van der Waals surface area contributed by atoms with Crippen LogP contribution in [-0.4, -0.2) is 16.0 Å². The van der Waals surface area contributed by atoms with Crippen molar-refractivity contribution in [1.82, 2.24) is 10.1 Å². The van der Waals surface area contributed by atoms with Crippen molar-refractivity contribution in [1.29, 1.82) is 0 Å². The van der Waals surface area contributed by atoms with Crippen LogP contribution in [0.25, 0.3) is 33.6 Å². The molecular weight excluding hydrogens is 478 g/mol. The molecule has 0 saturated carbocycles. The lowest BCUT2D eigenvalue weighted by molar-refractivity contribution is 0.102. The molecule has 0 spiro atoms. The molecule has 0 bridgehead atoms. The van der Waals surface area contributed by atoms with E-state index in [1.54, 1.807) is 42.5 Å². The second-order valence-corrected chi connectivity index (χ2v) is 8.74. The summed E-state index contributed by atoms with van der Waals surface area (Å²) in [4.78, 5) is 30.1. The maximum absolute atomic E-state index is 13.1. The van der Waals surface area contributed by atoms with Crippen LogP contribution in [-0.2, 0) is 6.42 Å². The lowest BCUT2D eigenvalue weighted by Gasteiger charge is -2.09. The number of para-hydroxylation sites is 2. The lowest BCUT2D eigenvalue weighted by Crippen LogP contribution is -2.12. The van der Waals surface area contributed by atoms with Crippen molar-refractivity contribution in [2.75, 3.05) is 5.32 Å². The van der Waals surface area contributed by atoms with Crippen LogP contribution in [0, 0.1) is 0 Å². The van der Waals surface area contributed by atoms with Gasteiger partial charge < -0.3 is 14.3 Å². The Bertz CT molecular complexity index is 1810. The zero-order chi connectivity index (χ0) is 25.9. The Balaban J connectivity index is 1.22. The summed E-state index contributed by atoms with van der Waals surface area (Å²) < 4.78 is 10.9. The van der Waals surface area contributed by atoms with Gasteiger partial charge in [-0.3, -0.25) is 4.79 Å². The monoisotopic (exact) mass is 499 g/mol. The van der Waals surface area contributed by atoms with Crippen molar-refractivity contribution in [3.05, 3.63) is 137 Å². The molecule has 38 heavy (non-hydrogen) atoms. The lowest BCUT2D eigenvalue weighted by atomic mass is 10.0. The van der Waals surface area contributed by atoms with E-state index in [9.17, 15) is 9.59 Å². The molecule has 4 aromatic carbocycles. The minimum atomic E-state index is -0.430. The molecule has 0 saturated heterocycles. The number of rotatable bonds is 6. The number of amides is 1. The summed E-state index contributed by atoms with van der Waals surface area (Å²) >= 11 is 0. The average Bonchev–Trinajstić information content (AvgIpc) is 3.42. The van der Waals surface area contributed by atoms with Crippen LogP contribution in [0.3, 0.4) is 0 Å². The van der Waals surface area contributed by atoms with Gasteiger partial charge in [-0.25, -0.2) is 4.79 Å². The van der Waals surface area contributed by atoms with Crippen molar-refractivity contribution >= 4 is 22.6 Å². The summed E-state index contributed by atoms with van der Waals surface area (Å²) in [7, 11) is 0. The molecule has 0 fully saturated rings. The number of nitrogens with one attached hydrogen (secondary N) is 1. The zero-order valence-corrected chi connectivity index (χ0v) is 20.1. The molecule has 0 unspecified atom stereocenters. The Labute approximate surface area is 217 Å². The molecule has 0 radical (unpaired) electrons. The molecule has 1 N–H and O–H groups in total. The first-order valence-electron chi connectivity index (χ1n) is 12.0. The molecule has 7 heteroatoms. The fraction of sp³-hybridized carbons (Fsp3) is 0.0323. The summed E-state index contributed by atoms with van der Waals surface area (Å²) in [5.41, 5.74) is 3.88. The van der Waals surface area contributed by atoms with E-state index in [0.29, 0.717) is 51.7 Å². The quantitative estimate of drug-likeness (QED) is 0.268.